The normalized spacial score (nSPS) is 12.6. The van der Waals surface area contributed by atoms with Crippen molar-refractivity contribution in [3.05, 3.63) is 58.6 Å². The van der Waals surface area contributed by atoms with Crippen LogP contribution < -0.4 is 10.0 Å². The third-order valence-corrected chi connectivity index (χ3v) is 5.01. The first kappa shape index (κ1) is 18.6. The molecule has 0 bridgehead atoms. The lowest BCUT2D eigenvalue weighted by Crippen LogP contribution is -2.30. The van der Waals surface area contributed by atoms with E-state index in [4.69, 9.17) is 5.11 Å². The molecule has 0 saturated carbocycles. The SMILES string of the molecule is CC(O)CNS(=O)(=O)c1ccc(C(=O)Nc2cccc(Br)c2)cc1. The molecule has 0 aliphatic heterocycles. The number of halogens is 1. The van der Waals surface area contributed by atoms with Crippen LogP contribution in [0.25, 0.3) is 0 Å². The summed E-state index contributed by atoms with van der Waals surface area (Å²) in [4.78, 5) is 12.2. The average molecular weight is 413 g/mol. The van der Waals surface area contributed by atoms with Gasteiger partial charge in [-0.3, -0.25) is 4.79 Å². The standard InChI is InChI=1S/C16H17BrN2O4S/c1-11(20)10-18-24(22,23)15-7-5-12(6-8-15)16(21)19-14-4-2-3-13(17)9-14/h2-9,11,18,20H,10H2,1H3,(H,19,21). The minimum absolute atomic E-state index is 0.0298. The second-order valence-electron chi connectivity index (χ2n) is 5.19. The van der Waals surface area contributed by atoms with Crippen LogP contribution in [0.1, 0.15) is 17.3 Å². The number of amides is 1. The van der Waals surface area contributed by atoms with Gasteiger partial charge in [-0.15, -0.1) is 0 Å². The number of hydrogen-bond donors (Lipinski definition) is 3. The molecule has 0 aliphatic carbocycles. The maximum atomic E-state index is 12.2. The van der Waals surface area contributed by atoms with Gasteiger partial charge in [0.05, 0.1) is 11.0 Å². The molecule has 8 heteroatoms. The molecular weight excluding hydrogens is 396 g/mol. The zero-order valence-electron chi connectivity index (χ0n) is 12.9. The molecule has 2 rings (SSSR count). The number of carbonyl (C=O) groups is 1. The van der Waals surface area contributed by atoms with Gasteiger partial charge in [-0.1, -0.05) is 22.0 Å². The highest BCUT2D eigenvalue weighted by Gasteiger charge is 2.15. The molecule has 0 saturated heterocycles. The Morgan fingerprint density at radius 3 is 2.46 bits per heavy atom. The van der Waals surface area contributed by atoms with Gasteiger partial charge in [-0.2, -0.15) is 0 Å². The lowest BCUT2D eigenvalue weighted by atomic mass is 10.2. The molecule has 2 aromatic rings. The van der Waals surface area contributed by atoms with Crippen LogP contribution in [0, 0.1) is 0 Å². The van der Waals surface area contributed by atoms with Crippen LogP contribution in [0.2, 0.25) is 0 Å². The molecule has 1 unspecified atom stereocenters. The first-order valence-electron chi connectivity index (χ1n) is 7.12. The third kappa shape index (κ3) is 5.13. The second-order valence-corrected chi connectivity index (χ2v) is 7.87. The number of nitrogens with one attached hydrogen (secondary N) is 2. The van der Waals surface area contributed by atoms with E-state index in [0.717, 1.165) is 4.47 Å². The predicted octanol–water partition coefficient (Wildman–Crippen LogP) is 2.36. The summed E-state index contributed by atoms with van der Waals surface area (Å²) in [5.41, 5.74) is 0.967. The van der Waals surface area contributed by atoms with Gasteiger partial charge in [-0.25, -0.2) is 13.1 Å². The smallest absolute Gasteiger partial charge is 0.255 e. The van der Waals surface area contributed by atoms with Crippen molar-refractivity contribution in [3.8, 4) is 0 Å². The summed E-state index contributed by atoms with van der Waals surface area (Å²) in [5.74, 6) is -0.339. The number of aliphatic hydroxyl groups excluding tert-OH is 1. The molecule has 3 N–H and O–H groups in total. The Kier molecular flexibility index (Phi) is 6.11. The lowest BCUT2D eigenvalue weighted by molar-refractivity contribution is 0.102. The van der Waals surface area contributed by atoms with E-state index in [2.05, 4.69) is 26.0 Å². The van der Waals surface area contributed by atoms with Gasteiger partial charge in [0.2, 0.25) is 10.0 Å². The molecular formula is C16H17BrN2O4S. The number of carbonyl (C=O) groups excluding carboxylic acids is 1. The van der Waals surface area contributed by atoms with Gasteiger partial charge in [-0.05, 0) is 49.4 Å². The van der Waals surface area contributed by atoms with Gasteiger partial charge in [0.25, 0.3) is 5.91 Å². The van der Waals surface area contributed by atoms with Crippen molar-refractivity contribution in [2.45, 2.75) is 17.9 Å². The van der Waals surface area contributed by atoms with Gasteiger partial charge >= 0.3 is 0 Å². The number of aliphatic hydroxyl groups is 1. The Morgan fingerprint density at radius 2 is 1.88 bits per heavy atom. The lowest BCUT2D eigenvalue weighted by Gasteiger charge is -2.09. The van der Waals surface area contributed by atoms with Crippen molar-refractivity contribution in [3.63, 3.8) is 0 Å². The highest BCUT2D eigenvalue weighted by atomic mass is 79.9. The molecule has 0 aliphatic rings. The number of benzene rings is 2. The third-order valence-electron chi connectivity index (χ3n) is 3.08. The molecule has 24 heavy (non-hydrogen) atoms. The van der Waals surface area contributed by atoms with Crippen molar-refractivity contribution in [1.82, 2.24) is 4.72 Å². The van der Waals surface area contributed by atoms with E-state index in [1.165, 1.54) is 31.2 Å². The highest BCUT2D eigenvalue weighted by Crippen LogP contribution is 2.17. The van der Waals surface area contributed by atoms with E-state index in [0.29, 0.717) is 11.3 Å². The van der Waals surface area contributed by atoms with Gasteiger partial charge in [0.1, 0.15) is 0 Å². The minimum atomic E-state index is -3.71. The molecule has 1 atom stereocenters. The monoisotopic (exact) mass is 412 g/mol. The van der Waals surface area contributed by atoms with Crippen LogP contribution in [0.5, 0.6) is 0 Å². The van der Waals surface area contributed by atoms with E-state index in [9.17, 15) is 13.2 Å². The number of rotatable bonds is 6. The molecule has 0 radical (unpaired) electrons. The predicted molar refractivity (Wildman–Crippen MR) is 95.4 cm³/mol. The van der Waals surface area contributed by atoms with Crippen LogP contribution in [0.3, 0.4) is 0 Å². The Balaban J connectivity index is 2.10. The summed E-state index contributed by atoms with van der Waals surface area (Å²) >= 11 is 3.32. The van der Waals surface area contributed by atoms with E-state index in [1.807, 2.05) is 6.07 Å². The Morgan fingerprint density at radius 1 is 1.21 bits per heavy atom. The molecule has 2 aromatic carbocycles. The van der Waals surface area contributed by atoms with Gasteiger partial charge < -0.3 is 10.4 Å². The quantitative estimate of drug-likeness (QED) is 0.678. The summed E-state index contributed by atoms with van der Waals surface area (Å²) in [6, 6.07) is 12.7. The van der Waals surface area contributed by atoms with Crippen molar-refractivity contribution in [1.29, 1.82) is 0 Å². The first-order chi connectivity index (χ1) is 11.3. The van der Waals surface area contributed by atoms with Crippen LogP contribution in [0.4, 0.5) is 5.69 Å². The average Bonchev–Trinajstić information content (AvgIpc) is 2.53. The summed E-state index contributed by atoms with van der Waals surface area (Å²) in [6.45, 7) is 1.41. The Hall–Kier alpha value is -1.74. The Labute approximate surface area is 149 Å². The zero-order valence-corrected chi connectivity index (χ0v) is 15.3. The van der Waals surface area contributed by atoms with Crippen LogP contribution in [0.15, 0.2) is 57.9 Å². The Bertz CT molecular complexity index is 820. The molecule has 6 nitrogen and oxygen atoms in total. The van der Waals surface area contributed by atoms with E-state index in [-0.39, 0.29) is 17.3 Å². The zero-order chi connectivity index (χ0) is 17.7. The van der Waals surface area contributed by atoms with Crippen molar-refractivity contribution in [2.24, 2.45) is 0 Å². The topological polar surface area (TPSA) is 95.5 Å². The van der Waals surface area contributed by atoms with Crippen molar-refractivity contribution in [2.75, 3.05) is 11.9 Å². The van der Waals surface area contributed by atoms with Crippen molar-refractivity contribution < 1.29 is 18.3 Å². The molecule has 1 amide bonds. The molecule has 0 aromatic heterocycles. The second kappa shape index (κ2) is 7.89. The van der Waals surface area contributed by atoms with Crippen LogP contribution >= 0.6 is 15.9 Å². The van der Waals surface area contributed by atoms with Crippen LogP contribution in [-0.4, -0.2) is 32.1 Å². The largest absolute Gasteiger partial charge is 0.392 e. The summed E-state index contributed by atoms with van der Waals surface area (Å²) in [6.07, 6.45) is -0.782. The summed E-state index contributed by atoms with van der Waals surface area (Å²) < 4.78 is 27.2. The first-order valence-corrected chi connectivity index (χ1v) is 9.40. The van der Waals surface area contributed by atoms with Crippen molar-refractivity contribution >= 4 is 37.5 Å². The molecule has 128 valence electrons. The van der Waals surface area contributed by atoms with E-state index < -0.39 is 16.1 Å². The fourth-order valence-corrected chi connectivity index (χ4v) is 3.39. The van der Waals surface area contributed by atoms with Gasteiger partial charge in [0.15, 0.2) is 0 Å². The summed E-state index contributed by atoms with van der Waals surface area (Å²) in [5, 5.41) is 11.9. The van der Waals surface area contributed by atoms with E-state index in [1.54, 1.807) is 18.2 Å². The minimum Gasteiger partial charge on any atom is -0.392 e. The number of anilines is 1. The number of hydrogen-bond acceptors (Lipinski definition) is 4. The number of sulfonamides is 1. The molecule has 0 heterocycles. The van der Waals surface area contributed by atoms with Gasteiger partial charge in [0, 0.05) is 22.3 Å². The molecule has 0 spiro atoms. The maximum absolute atomic E-state index is 12.2. The fraction of sp³-hybridized carbons (Fsp3) is 0.188. The molecule has 0 fully saturated rings. The highest BCUT2D eigenvalue weighted by molar-refractivity contribution is 9.10. The summed E-state index contributed by atoms with van der Waals surface area (Å²) in [7, 11) is -3.71. The fourth-order valence-electron chi connectivity index (χ4n) is 1.87. The van der Waals surface area contributed by atoms with E-state index >= 15 is 0 Å². The maximum Gasteiger partial charge on any atom is 0.255 e. The van der Waals surface area contributed by atoms with Crippen LogP contribution in [-0.2, 0) is 10.0 Å².